The normalized spacial score (nSPS) is 10.7. The van der Waals surface area contributed by atoms with E-state index in [-0.39, 0.29) is 6.42 Å². The van der Waals surface area contributed by atoms with Gasteiger partial charge in [0.15, 0.2) is 5.82 Å². The Morgan fingerprint density at radius 2 is 2.29 bits per heavy atom. The predicted octanol–water partition coefficient (Wildman–Crippen LogP) is 1.85. The molecule has 0 bridgehead atoms. The van der Waals surface area contributed by atoms with Crippen LogP contribution in [-0.2, 0) is 4.79 Å². The highest BCUT2D eigenvalue weighted by molar-refractivity contribution is 5.70. The van der Waals surface area contributed by atoms with E-state index in [1.165, 1.54) is 12.2 Å². The van der Waals surface area contributed by atoms with E-state index >= 15 is 0 Å². The van der Waals surface area contributed by atoms with Crippen LogP contribution in [0.1, 0.15) is 12.0 Å². The van der Waals surface area contributed by atoms with Crippen LogP contribution in [0.5, 0.6) is 0 Å². The molecular weight excluding hydrogens is 192 g/mol. The van der Waals surface area contributed by atoms with Gasteiger partial charge in [-0.1, -0.05) is 12.2 Å². The van der Waals surface area contributed by atoms with Gasteiger partial charge in [-0.15, -0.1) is 0 Å². The first-order chi connectivity index (χ1) is 6.59. The Hall–Kier alpha value is -1.78. The van der Waals surface area contributed by atoms with Crippen molar-refractivity contribution in [3.05, 3.63) is 35.7 Å². The van der Waals surface area contributed by atoms with Crippen molar-refractivity contribution in [2.24, 2.45) is 0 Å². The molecule has 14 heavy (non-hydrogen) atoms. The number of carbonyl (C=O) groups is 1. The van der Waals surface area contributed by atoms with Crippen molar-refractivity contribution in [2.45, 2.75) is 6.42 Å². The van der Waals surface area contributed by atoms with E-state index in [4.69, 9.17) is 5.11 Å². The second-order valence-electron chi connectivity index (χ2n) is 2.54. The summed E-state index contributed by atoms with van der Waals surface area (Å²) < 4.78 is 24.9. The van der Waals surface area contributed by atoms with Gasteiger partial charge in [0, 0.05) is 6.20 Å². The molecule has 1 N–H and O–H groups in total. The molecular formula is C9H7F2NO2. The van der Waals surface area contributed by atoms with Gasteiger partial charge in [-0.3, -0.25) is 4.79 Å². The van der Waals surface area contributed by atoms with E-state index < -0.39 is 17.7 Å². The summed E-state index contributed by atoms with van der Waals surface area (Å²) in [6.45, 7) is 0. The fourth-order valence-corrected chi connectivity index (χ4v) is 0.823. The smallest absolute Gasteiger partial charge is 0.307 e. The van der Waals surface area contributed by atoms with Gasteiger partial charge < -0.3 is 5.11 Å². The Kier molecular flexibility index (Phi) is 3.28. The van der Waals surface area contributed by atoms with Crippen LogP contribution in [0.25, 0.3) is 6.08 Å². The summed E-state index contributed by atoms with van der Waals surface area (Å²) in [5.74, 6) is -3.21. The molecule has 74 valence electrons. The Morgan fingerprint density at radius 3 is 2.86 bits per heavy atom. The summed E-state index contributed by atoms with van der Waals surface area (Å²) >= 11 is 0. The number of halogens is 2. The molecule has 1 aromatic rings. The molecule has 0 saturated carbocycles. The van der Waals surface area contributed by atoms with Crippen molar-refractivity contribution >= 4 is 12.0 Å². The number of aromatic nitrogens is 1. The number of pyridine rings is 1. The van der Waals surface area contributed by atoms with Crippen molar-refractivity contribution in [1.82, 2.24) is 4.98 Å². The molecule has 1 heterocycles. The number of nitrogens with zero attached hydrogens (tertiary/aromatic N) is 1. The van der Waals surface area contributed by atoms with E-state index in [9.17, 15) is 13.6 Å². The number of aliphatic carboxylic acids is 1. The van der Waals surface area contributed by atoms with Crippen LogP contribution < -0.4 is 0 Å². The largest absolute Gasteiger partial charge is 0.481 e. The van der Waals surface area contributed by atoms with Gasteiger partial charge in [0.2, 0.25) is 5.95 Å². The first-order valence-corrected chi connectivity index (χ1v) is 3.79. The molecule has 0 aliphatic heterocycles. The van der Waals surface area contributed by atoms with Crippen molar-refractivity contribution in [3.8, 4) is 0 Å². The maximum atomic E-state index is 12.6. The van der Waals surface area contributed by atoms with Gasteiger partial charge in [-0.05, 0) is 11.6 Å². The Labute approximate surface area is 78.7 Å². The molecule has 3 nitrogen and oxygen atoms in total. The topological polar surface area (TPSA) is 50.2 Å². The quantitative estimate of drug-likeness (QED) is 0.755. The summed E-state index contributed by atoms with van der Waals surface area (Å²) in [6, 6.07) is 0.945. The summed E-state index contributed by atoms with van der Waals surface area (Å²) in [6.07, 6.45) is 3.65. The van der Waals surface area contributed by atoms with E-state index in [0.29, 0.717) is 5.56 Å². The molecule has 1 rings (SSSR count). The third-order valence-electron chi connectivity index (χ3n) is 1.42. The van der Waals surface area contributed by atoms with Crippen LogP contribution in [0.2, 0.25) is 0 Å². The molecule has 0 spiro atoms. The number of hydrogen-bond acceptors (Lipinski definition) is 2. The van der Waals surface area contributed by atoms with Crippen LogP contribution in [0.3, 0.4) is 0 Å². The maximum Gasteiger partial charge on any atom is 0.307 e. The summed E-state index contributed by atoms with van der Waals surface area (Å²) in [5.41, 5.74) is 0.324. The Balaban J connectivity index is 2.73. The number of rotatable bonds is 3. The predicted molar refractivity (Wildman–Crippen MR) is 45.4 cm³/mol. The van der Waals surface area contributed by atoms with Gasteiger partial charge in [-0.25, -0.2) is 9.37 Å². The molecule has 0 aliphatic rings. The minimum Gasteiger partial charge on any atom is -0.481 e. The standard InChI is InChI=1S/C9H7F2NO2/c10-7-4-6(5-12-9(7)11)2-1-3-8(13)14/h1-2,4-5H,3H2,(H,13,14). The molecule has 0 aliphatic carbocycles. The second kappa shape index (κ2) is 4.45. The van der Waals surface area contributed by atoms with Crippen LogP contribution in [0.15, 0.2) is 18.3 Å². The summed E-state index contributed by atoms with van der Waals surface area (Å²) in [5, 5.41) is 8.29. The zero-order chi connectivity index (χ0) is 10.6. The highest BCUT2D eigenvalue weighted by Crippen LogP contribution is 2.07. The lowest BCUT2D eigenvalue weighted by molar-refractivity contribution is -0.135. The minimum absolute atomic E-state index is 0.168. The van der Waals surface area contributed by atoms with E-state index in [1.807, 2.05) is 0 Å². The Bertz CT molecular complexity index is 377. The van der Waals surface area contributed by atoms with Crippen LogP contribution in [0.4, 0.5) is 8.78 Å². The third-order valence-corrected chi connectivity index (χ3v) is 1.42. The molecule has 0 atom stereocenters. The minimum atomic E-state index is -1.17. The summed E-state index contributed by atoms with van der Waals surface area (Å²) in [4.78, 5) is 13.2. The first-order valence-electron chi connectivity index (χ1n) is 3.79. The van der Waals surface area contributed by atoms with Crippen molar-refractivity contribution < 1.29 is 18.7 Å². The van der Waals surface area contributed by atoms with Gasteiger partial charge in [0.25, 0.3) is 0 Å². The molecule has 0 amide bonds. The van der Waals surface area contributed by atoms with Crippen LogP contribution in [0, 0.1) is 11.8 Å². The maximum absolute atomic E-state index is 12.6. The third kappa shape index (κ3) is 2.93. The lowest BCUT2D eigenvalue weighted by atomic mass is 10.2. The monoisotopic (exact) mass is 199 g/mol. The zero-order valence-corrected chi connectivity index (χ0v) is 7.08. The SMILES string of the molecule is O=C(O)CC=Cc1cnc(F)c(F)c1. The second-order valence-corrected chi connectivity index (χ2v) is 2.54. The van der Waals surface area contributed by atoms with Crippen molar-refractivity contribution in [3.63, 3.8) is 0 Å². The Morgan fingerprint density at radius 1 is 1.57 bits per heavy atom. The van der Waals surface area contributed by atoms with Gasteiger partial charge in [0.05, 0.1) is 6.42 Å². The first kappa shape index (κ1) is 10.3. The molecule has 1 aromatic heterocycles. The fourth-order valence-electron chi connectivity index (χ4n) is 0.823. The lowest BCUT2D eigenvalue weighted by Crippen LogP contribution is -1.91. The van der Waals surface area contributed by atoms with Gasteiger partial charge in [0.1, 0.15) is 0 Å². The van der Waals surface area contributed by atoms with Crippen LogP contribution >= 0.6 is 0 Å². The highest BCUT2D eigenvalue weighted by Gasteiger charge is 2.01. The van der Waals surface area contributed by atoms with E-state index in [0.717, 1.165) is 12.3 Å². The van der Waals surface area contributed by atoms with Gasteiger partial charge in [-0.2, -0.15) is 4.39 Å². The van der Waals surface area contributed by atoms with Crippen molar-refractivity contribution in [1.29, 1.82) is 0 Å². The fraction of sp³-hybridized carbons (Fsp3) is 0.111. The van der Waals surface area contributed by atoms with Crippen LogP contribution in [-0.4, -0.2) is 16.1 Å². The average Bonchev–Trinajstić information content (AvgIpc) is 2.10. The number of carboxylic acids is 1. The van der Waals surface area contributed by atoms with E-state index in [1.54, 1.807) is 0 Å². The molecule has 0 fully saturated rings. The molecule has 0 radical (unpaired) electrons. The highest BCUT2D eigenvalue weighted by atomic mass is 19.2. The van der Waals surface area contributed by atoms with E-state index in [2.05, 4.69) is 4.98 Å². The average molecular weight is 199 g/mol. The molecule has 0 unspecified atom stereocenters. The molecule has 0 saturated heterocycles. The number of carboxylic acid groups (broad SMARTS) is 1. The molecule has 0 aromatic carbocycles. The zero-order valence-electron chi connectivity index (χ0n) is 7.08. The molecule has 5 heteroatoms. The summed E-state index contributed by atoms with van der Waals surface area (Å²) in [7, 11) is 0. The number of hydrogen-bond donors (Lipinski definition) is 1. The lowest BCUT2D eigenvalue weighted by Gasteiger charge is -1.93. The van der Waals surface area contributed by atoms with Crippen molar-refractivity contribution in [2.75, 3.05) is 0 Å². The van der Waals surface area contributed by atoms with Gasteiger partial charge >= 0.3 is 5.97 Å².